The number of hydrogen-bond donors (Lipinski definition) is 1. The molecule has 0 radical (unpaired) electrons. The van der Waals surface area contributed by atoms with Crippen LogP contribution in [0, 0.1) is 0 Å². The predicted octanol–water partition coefficient (Wildman–Crippen LogP) is 5.35. The van der Waals surface area contributed by atoms with Crippen LogP contribution in [-0.2, 0) is 6.42 Å². The van der Waals surface area contributed by atoms with Gasteiger partial charge in [0.25, 0.3) is 0 Å². The SMILES string of the molecule is CCCCCCCCNC(C)(C)CCc1ccccc1. The topological polar surface area (TPSA) is 12.0 Å². The molecule has 1 N–H and O–H groups in total. The van der Waals surface area contributed by atoms with Crippen LogP contribution in [0.25, 0.3) is 0 Å². The molecule has 0 bridgehead atoms. The molecule has 1 heteroatoms. The Morgan fingerprint density at radius 1 is 0.900 bits per heavy atom. The molecule has 0 spiro atoms. The summed E-state index contributed by atoms with van der Waals surface area (Å²) >= 11 is 0. The largest absolute Gasteiger partial charge is 0.312 e. The highest BCUT2D eigenvalue weighted by Crippen LogP contribution is 2.14. The smallest absolute Gasteiger partial charge is 0.0128 e. The highest BCUT2D eigenvalue weighted by molar-refractivity contribution is 5.15. The molecule has 114 valence electrons. The van der Waals surface area contributed by atoms with E-state index in [-0.39, 0.29) is 5.54 Å². The van der Waals surface area contributed by atoms with Gasteiger partial charge in [-0.15, -0.1) is 0 Å². The maximum Gasteiger partial charge on any atom is 0.0128 e. The van der Waals surface area contributed by atoms with Crippen molar-refractivity contribution in [2.24, 2.45) is 0 Å². The van der Waals surface area contributed by atoms with E-state index in [2.05, 4.69) is 56.4 Å². The molecule has 0 aromatic heterocycles. The molecule has 0 fully saturated rings. The second kappa shape index (κ2) is 9.99. The lowest BCUT2D eigenvalue weighted by Crippen LogP contribution is -2.40. The number of rotatable bonds is 11. The molecule has 0 atom stereocenters. The molecule has 0 unspecified atom stereocenters. The average Bonchev–Trinajstić information content (AvgIpc) is 2.45. The fraction of sp³-hybridized carbons (Fsp3) is 0.684. The van der Waals surface area contributed by atoms with Crippen LogP contribution in [0.3, 0.4) is 0 Å². The van der Waals surface area contributed by atoms with Crippen LogP contribution in [0.2, 0.25) is 0 Å². The van der Waals surface area contributed by atoms with Crippen molar-refractivity contribution < 1.29 is 0 Å². The van der Waals surface area contributed by atoms with Crippen molar-refractivity contribution in [3.63, 3.8) is 0 Å². The van der Waals surface area contributed by atoms with Crippen LogP contribution in [0.5, 0.6) is 0 Å². The lowest BCUT2D eigenvalue weighted by molar-refractivity contribution is 0.357. The summed E-state index contributed by atoms with van der Waals surface area (Å²) in [6.07, 6.45) is 10.6. The molecule has 0 amide bonds. The van der Waals surface area contributed by atoms with Crippen LogP contribution < -0.4 is 5.32 Å². The van der Waals surface area contributed by atoms with E-state index in [4.69, 9.17) is 0 Å². The van der Waals surface area contributed by atoms with Crippen molar-refractivity contribution in [3.8, 4) is 0 Å². The average molecular weight is 275 g/mol. The van der Waals surface area contributed by atoms with E-state index < -0.39 is 0 Å². The normalized spacial score (nSPS) is 11.8. The van der Waals surface area contributed by atoms with Gasteiger partial charge in [0.2, 0.25) is 0 Å². The van der Waals surface area contributed by atoms with Gasteiger partial charge in [0.05, 0.1) is 0 Å². The number of unbranched alkanes of at least 4 members (excludes halogenated alkanes) is 5. The van der Waals surface area contributed by atoms with Gasteiger partial charge in [-0.05, 0) is 45.2 Å². The van der Waals surface area contributed by atoms with Crippen molar-refractivity contribution in [3.05, 3.63) is 35.9 Å². The Morgan fingerprint density at radius 2 is 1.55 bits per heavy atom. The molecular weight excluding hydrogens is 242 g/mol. The molecule has 0 saturated heterocycles. The Bertz CT molecular complexity index is 329. The van der Waals surface area contributed by atoms with Gasteiger partial charge in [-0.1, -0.05) is 69.4 Å². The molecule has 0 aliphatic heterocycles. The zero-order valence-electron chi connectivity index (χ0n) is 13.8. The molecule has 0 aliphatic rings. The monoisotopic (exact) mass is 275 g/mol. The third-order valence-corrected chi connectivity index (χ3v) is 4.02. The molecule has 0 aliphatic carbocycles. The van der Waals surface area contributed by atoms with Gasteiger partial charge in [-0.25, -0.2) is 0 Å². The van der Waals surface area contributed by atoms with Gasteiger partial charge >= 0.3 is 0 Å². The molecule has 1 nitrogen and oxygen atoms in total. The van der Waals surface area contributed by atoms with E-state index >= 15 is 0 Å². The van der Waals surface area contributed by atoms with E-state index in [1.807, 2.05) is 0 Å². The lowest BCUT2D eigenvalue weighted by atomic mass is 9.95. The van der Waals surface area contributed by atoms with E-state index in [1.165, 1.54) is 50.5 Å². The number of hydrogen-bond acceptors (Lipinski definition) is 1. The summed E-state index contributed by atoms with van der Waals surface area (Å²) in [6, 6.07) is 10.8. The fourth-order valence-corrected chi connectivity index (χ4v) is 2.52. The highest BCUT2D eigenvalue weighted by Gasteiger charge is 2.15. The first-order valence-corrected chi connectivity index (χ1v) is 8.43. The first-order valence-electron chi connectivity index (χ1n) is 8.43. The standard InChI is InChI=1S/C19H33N/c1-4-5-6-7-8-12-17-20-19(2,3)16-15-18-13-10-9-11-14-18/h9-11,13-14,20H,4-8,12,15-17H2,1-3H3. The summed E-state index contributed by atoms with van der Waals surface area (Å²) in [4.78, 5) is 0. The molecule has 0 heterocycles. The Balaban J connectivity index is 2.09. The summed E-state index contributed by atoms with van der Waals surface area (Å²) in [5, 5.41) is 3.72. The van der Waals surface area contributed by atoms with Crippen LogP contribution in [-0.4, -0.2) is 12.1 Å². The zero-order chi connectivity index (χ0) is 14.7. The molecule has 20 heavy (non-hydrogen) atoms. The van der Waals surface area contributed by atoms with Crippen LogP contribution in [0.15, 0.2) is 30.3 Å². The molecule has 0 saturated carbocycles. The second-order valence-corrected chi connectivity index (χ2v) is 6.56. The number of aryl methyl sites for hydroxylation is 1. The molecule has 1 rings (SSSR count). The molecule has 1 aromatic carbocycles. The van der Waals surface area contributed by atoms with Gasteiger partial charge in [-0.3, -0.25) is 0 Å². The minimum absolute atomic E-state index is 0.249. The van der Waals surface area contributed by atoms with Crippen molar-refractivity contribution in [2.45, 2.75) is 77.7 Å². The second-order valence-electron chi connectivity index (χ2n) is 6.56. The van der Waals surface area contributed by atoms with Gasteiger partial charge in [-0.2, -0.15) is 0 Å². The van der Waals surface area contributed by atoms with Crippen molar-refractivity contribution >= 4 is 0 Å². The summed E-state index contributed by atoms with van der Waals surface area (Å²) < 4.78 is 0. The van der Waals surface area contributed by atoms with Gasteiger partial charge in [0, 0.05) is 5.54 Å². The van der Waals surface area contributed by atoms with Crippen LogP contribution in [0.4, 0.5) is 0 Å². The van der Waals surface area contributed by atoms with Crippen LogP contribution in [0.1, 0.15) is 71.3 Å². The van der Waals surface area contributed by atoms with Crippen molar-refractivity contribution in [2.75, 3.05) is 6.54 Å². The van der Waals surface area contributed by atoms with Gasteiger partial charge < -0.3 is 5.32 Å². The minimum atomic E-state index is 0.249. The maximum atomic E-state index is 3.72. The third kappa shape index (κ3) is 8.37. The quantitative estimate of drug-likeness (QED) is 0.537. The third-order valence-electron chi connectivity index (χ3n) is 4.02. The van der Waals surface area contributed by atoms with E-state index in [1.54, 1.807) is 0 Å². The van der Waals surface area contributed by atoms with E-state index in [9.17, 15) is 0 Å². The van der Waals surface area contributed by atoms with Gasteiger partial charge in [0.1, 0.15) is 0 Å². The minimum Gasteiger partial charge on any atom is -0.312 e. The van der Waals surface area contributed by atoms with Crippen molar-refractivity contribution in [1.29, 1.82) is 0 Å². The first kappa shape index (κ1) is 17.2. The summed E-state index contributed by atoms with van der Waals surface area (Å²) in [5.74, 6) is 0. The summed E-state index contributed by atoms with van der Waals surface area (Å²) in [5.41, 5.74) is 1.70. The van der Waals surface area contributed by atoms with Crippen molar-refractivity contribution in [1.82, 2.24) is 5.32 Å². The molecular formula is C19H33N. The van der Waals surface area contributed by atoms with Gasteiger partial charge in [0.15, 0.2) is 0 Å². The van der Waals surface area contributed by atoms with Crippen LogP contribution >= 0.6 is 0 Å². The zero-order valence-corrected chi connectivity index (χ0v) is 13.8. The summed E-state index contributed by atoms with van der Waals surface area (Å²) in [6.45, 7) is 8.09. The maximum absolute atomic E-state index is 3.72. The Kier molecular flexibility index (Phi) is 8.60. The predicted molar refractivity (Wildman–Crippen MR) is 90.2 cm³/mol. The summed E-state index contributed by atoms with van der Waals surface area (Å²) in [7, 11) is 0. The number of nitrogens with one attached hydrogen (secondary N) is 1. The Labute approximate surface area is 126 Å². The number of benzene rings is 1. The lowest BCUT2D eigenvalue weighted by Gasteiger charge is -2.26. The molecule has 1 aromatic rings. The Hall–Kier alpha value is -0.820. The first-order chi connectivity index (χ1) is 9.64. The fourth-order valence-electron chi connectivity index (χ4n) is 2.52. The van der Waals surface area contributed by atoms with E-state index in [0.717, 1.165) is 13.0 Å². The Morgan fingerprint density at radius 3 is 2.25 bits per heavy atom. The van der Waals surface area contributed by atoms with E-state index in [0.29, 0.717) is 0 Å². The highest BCUT2D eigenvalue weighted by atomic mass is 14.9.